The normalized spacial score (nSPS) is 22.2. The standard InChI is InChI=1S/C12H23NO3/c1-15-7-8-16-10-12(14)9-13-11-5-3-2-4-6-11/h2-3,11-14H,4-10H2,1H3. The third kappa shape index (κ3) is 6.23. The number of nitrogens with one attached hydrogen (secondary N) is 1. The number of allylic oxidation sites excluding steroid dienone is 1. The number of ether oxygens (including phenoxy) is 2. The first-order valence-corrected chi connectivity index (χ1v) is 5.96. The fraction of sp³-hybridized carbons (Fsp3) is 0.833. The van der Waals surface area contributed by atoms with Crippen LogP contribution in [0, 0.1) is 0 Å². The monoisotopic (exact) mass is 229 g/mol. The first kappa shape index (κ1) is 13.6. The van der Waals surface area contributed by atoms with Crippen molar-refractivity contribution < 1.29 is 14.6 Å². The summed E-state index contributed by atoms with van der Waals surface area (Å²) >= 11 is 0. The van der Waals surface area contributed by atoms with E-state index in [1.807, 2.05) is 0 Å². The molecule has 0 saturated heterocycles. The molecule has 0 spiro atoms. The van der Waals surface area contributed by atoms with Crippen LogP contribution in [0.3, 0.4) is 0 Å². The minimum Gasteiger partial charge on any atom is -0.389 e. The predicted octanol–water partition coefficient (Wildman–Crippen LogP) is 0.709. The van der Waals surface area contributed by atoms with Gasteiger partial charge in [-0.3, -0.25) is 0 Å². The van der Waals surface area contributed by atoms with Crippen molar-refractivity contribution in [3.05, 3.63) is 12.2 Å². The van der Waals surface area contributed by atoms with Gasteiger partial charge < -0.3 is 19.9 Å². The molecule has 2 unspecified atom stereocenters. The molecular weight excluding hydrogens is 206 g/mol. The Bertz CT molecular complexity index is 197. The Labute approximate surface area is 97.6 Å². The zero-order valence-electron chi connectivity index (χ0n) is 10.0. The molecule has 0 saturated carbocycles. The van der Waals surface area contributed by atoms with Crippen molar-refractivity contribution in [2.75, 3.05) is 33.5 Å². The first-order chi connectivity index (χ1) is 7.83. The van der Waals surface area contributed by atoms with E-state index in [0.717, 1.165) is 19.3 Å². The van der Waals surface area contributed by atoms with Gasteiger partial charge in [0.1, 0.15) is 0 Å². The molecule has 4 heteroatoms. The molecule has 4 nitrogen and oxygen atoms in total. The molecule has 94 valence electrons. The van der Waals surface area contributed by atoms with Crippen LogP contribution in [0.4, 0.5) is 0 Å². The maximum absolute atomic E-state index is 9.63. The molecule has 0 aromatic rings. The van der Waals surface area contributed by atoms with E-state index in [1.165, 1.54) is 0 Å². The number of hydrogen-bond acceptors (Lipinski definition) is 4. The summed E-state index contributed by atoms with van der Waals surface area (Å²) in [6, 6.07) is 0.513. The molecule has 0 bridgehead atoms. The number of aliphatic hydroxyl groups is 1. The Morgan fingerprint density at radius 3 is 3.00 bits per heavy atom. The van der Waals surface area contributed by atoms with E-state index in [-0.39, 0.29) is 0 Å². The summed E-state index contributed by atoms with van der Waals surface area (Å²) in [4.78, 5) is 0. The molecule has 0 aromatic heterocycles. The van der Waals surface area contributed by atoms with Crippen LogP contribution >= 0.6 is 0 Å². The van der Waals surface area contributed by atoms with Gasteiger partial charge in [0.05, 0.1) is 25.9 Å². The van der Waals surface area contributed by atoms with Crippen molar-refractivity contribution in [2.45, 2.75) is 31.4 Å². The Morgan fingerprint density at radius 2 is 2.31 bits per heavy atom. The van der Waals surface area contributed by atoms with Gasteiger partial charge in [0.2, 0.25) is 0 Å². The highest BCUT2D eigenvalue weighted by Crippen LogP contribution is 2.10. The summed E-state index contributed by atoms with van der Waals surface area (Å²) in [5.74, 6) is 0. The average molecular weight is 229 g/mol. The first-order valence-electron chi connectivity index (χ1n) is 5.96. The highest BCUT2D eigenvalue weighted by Gasteiger charge is 2.11. The van der Waals surface area contributed by atoms with E-state index >= 15 is 0 Å². The summed E-state index contributed by atoms with van der Waals surface area (Å²) in [5, 5.41) is 13.0. The molecule has 2 atom stereocenters. The number of hydrogen-bond donors (Lipinski definition) is 2. The van der Waals surface area contributed by atoms with E-state index in [2.05, 4.69) is 17.5 Å². The van der Waals surface area contributed by atoms with Gasteiger partial charge in [0.25, 0.3) is 0 Å². The molecule has 0 aromatic carbocycles. The fourth-order valence-electron chi connectivity index (χ4n) is 1.70. The molecule has 0 amide bonds. The third-order valence-electron chi connectivity index (χ3n) is 2.65. The van der Waals surface area contributed by atoms with Crippen LogP contribution in [0.25, 0.3) is 0 Å². The maximum Gasteiger partial charge on any atom is 0.0897 e. The van der Waals surface area contributed by atoms with Crippen LogP contribution in [-0.2, 0) is 9.47 Å². The van der Waals surface area contributed by atoms with E-state index in [4.69, 9.17) is 9.47 Å². The molecule has 16 heavy (non-hydrogen) atoms. The maximum atomic E-state index is 9.63. The second-order valence-corrected chi connectivity index (χ2v) is 4.11. The van der Waals surface area contributed by atoms with E-state index in [1.54, 1.807) is 7.11 Å². The minimum atomic E-state index is -0.428. The number of aliphatic hydroxyl groups excluding tert-OH is 1. The van der Waals surface area contributed by atoms with Crippen LogP contribution in [0.15, 0.2) is 12.2 Å². The zero-order chi connectivity index (χ0) is 11.6. The second-order valence-electron chi connectivity index (χ2n) is 4.11. The zero-order valence-corrected chi connectivity index (χ0v) is 10.0. The highest BCUT2D eigenvalue weighted by atomic mass is 16.5. The molecule has 0 aliphatic heterocycles. The van der Waals surface area contributed by atoms with Crippen molar-refractivity contribution in [2.24, 2.45) is 0 Å². The molecule has 0 heterocycles. The Hall–Kier alpha value is -0.420. The van der Waals surface area contributed by atoms with Crippen LogP contribution in [0.2, 0.25) is 0 Å². The molecule has 1 rings (SSSR count). The molecule has 1 aliphatic rings. The van der Waals surface area contributed by atoms with Crippen molar-refractivity contribution in [3.8, 4) is 0 Å². The Balaban J connectivity index is 1.96. The van der Waals surface area contributed by atoms with Crippen molar-refractivity contribution in [3.63, 3.8) is 0 Å². The smallest absolute Gasteiger partial charge is 0.0897 e. The predicted molar refractivity (Wildman–Crippen MR) is 63.5 cm³/mol. The molecule has 0 radical (unpaired) electrons. The summed E-state index contributed by atoms with van der Waals surface area (Å²) in [6.45, 7) is 2.09. The van der Waals surface area contributed by atoms with E-state index in [9.17, 15) is 5.11 Å². The summed E-state index contributed by atoms with van der Waals surface area (Å²) in [7, 11) is 1.64. The lowest BCUT2D eigenvalue weighted by molar-refractivity contribution is 0.0128. The highest BCUT2D eigenvalue weighted by molar-refractivity contribution is 4.93. The lowest BCUT2D eigenvalue weighted by Crippen LogP contribution is -2.38. The Kier molecular flexibility index (Phi) is 7.42. The van der Waals surface area contributed by atoms with Crippen molar-refractivity contribution in [1.82, 2.24) is 5.32 Å². The van der Waals surface area contributed by atoms with Crippen LogP contribution < -0.4 is 5.32 Å². The van der Waals surface area contributed by atoms with Crippen LogP contribution in [0.1, 0.15) is 19.3 Å². The van der Waals surface area contributed by atoms with Gasteiger partial charge in [-0.1, -0.05) is 12.2 Å². The largest absolute Gasteiger partial charge is 0.389 e. The summed E-state index contributed by atoms with van der Waals surface area (Å²) in [6.07, 6.45) is 7.34. The lowest BCUT2D eigenvalue weighted by atomic mass is 10.0. The van der Waals surface area contributed by atoms with E-state index in [0.29, 0.717) is 32.4 Å². The molecular formula is C12H23NO3. The van der Waals surface area contributed by atoms with Gasteiger partial charge in [0.15, 0.2) is 0 Å². The molecule has 2 N–H and O–H groups in total. The van der Waals surface area contributed by atoms with Gasteiger partial charge >= 0.3 is 0 Å². The quantitative estimate of drug-likeness (QED) is 0.475. The topological polar surface area (TPSA) is 50.7 Å². The summed E-state index contributed by atoms with van der Waals surface area (Å²) < 4.78 is 10.1. The second kappa shape index (κ2) is 8.70. The van der Waals surface area contributed by atoms with Gasteiger partial charge in [-0.05, 0) is 19.3 Å². The van der Waals surface area contributed by atoms with Gasteiger partial charge in [-0.15, -0.1) is 0 Å². The average Bonchev–Trinajstić information content (AvgIpc) is 2.33. The Morgan fingerprint density at radius 1 is 1.44 bits per heavy atom. The SMILES string of the molecule is COCCOCC(O)CNC1CC=CCC1. The fourth-order valence-corrected chi connectivity index (χ4v) is 1.70. The van der Waals surface area contributed by atoms with Gasteiger partial charge in [0, 0.05) is 19.7 Å². The number of methoxy groups -OCH3 is 1. The van der Waals surface area contributed by atoms with Crippen molar-refractivity contribution >= 4 is 0 Å². The minimum absolute atomic E-state index is 0.374. The summed E-state index contributed by atoms with van der Waals surface area (Å²) in [5.41, 5.74) is 0. The lowest BCUT2D eigenvalue weighted by Gasteiger charge is -2.21. The van der Waals surface area contributed by atoms with E-state index < -0.39 is 6.10 Å². The van der Waals surface area contributed by atoms with Crippen LogP contribution in [0.5, 0.6) is 0 Å². The molecule has 0 fully saturated rings. The van der Waals surface area contributed by atoms with Crippen LogP contribution in [-0.4, -0.2) is 50.7 Å². The number of rotatable bonds is 8. The van der Waals surface area contributed by atoms with Gasteiger partial charge in [-0.25, -0.2) is 0 Å². The molecule has 1 aliphatic carbocycles. The van der Waals surface area contributed by atoms with Crippen molar-refractivity contribution in [1.29, 1.82) is 0 Å². The van der Waals surface area contributed by atoms with Gasteiger partial charge in [-0.2, -0.15) is 0 Å². The third-order valence-corrected chi connectivity index (χ3v) is 2.65.